The number of hydrogen-bond acceptors (Lipinski definition) is 3. The Labute approximate surface area is 161 Å². The minimum atomic E-state index is -0.156. The third-order valence-corrected chi connectivity index (χ3v) is 5.91. The molecule has 3 rings (SSSR count). The molecule has 26 heavy (non-hydrogen) atoms. The van der Waals surface area contributed by atoms with Crippen molar-refractivity contribution in [3.8, 4) is 12.3 Å². The van der Waals surface area contributed by atoms with Gasteiger partial charge in [0.15, 0.2) is 4.80 Å². The first-order chi connectivity index (χ1) is 12.6. The van der Waals surface area contributed by atoms with Gasteiger partial charge >= 0.3 is 0 Å². The largest absolute Gasteiger partial charge is 0.305 e. The maximum Gasteiger partial charge on any atom is 0.252 e. The van der Waals surface area contributed by atoms with Crippen LogP contribution in [0.25, 0.3) is 10.2 Å². The average molecular weight is 381 g/mol. The number of carbonyl (C=O) groups excluding carboxylic acids is 1. The molecule has 1 heterocycles. The van der Waals surface area contributed by atoms with Gasteiger partial charge in [0.05, 0.1) is 23.2 Å². The smallest absolute Gasteiger partial charge is 0.252 e. The molecule has 132 valence electrons. The number of hydrogen-bond donors (Lipinski definition) is 0. The van der Waals surface area contributed by atoms with Gasteiger partial charge in [0.25, 0.3) is 5.91 Å². The molecular formula is C21H20N2OS2. The predicted octanol–water partition coefficient (Wildman–Crippen LogP) is 4.29. The van der Waals surface area contributed by atoms with Gasteiger partial charge in [-0.05, 0) is 42.0 Å². The van der Waals surface area contributed by atoms with Crippen LogP contribution >= 0.6 is 23.1 Å². The molecule has 0 aliphatic rings. The molecule has 3 aromatic rings. The maximum absolute atomic E-state index is 12.5. The standard InChI is InChI=1S/C21H20N2OS2/c1-4-12-23-18-11-10-17(25-3)14-19(18)26-21(23)22-20(24)13-16-8-6-15(5-2)7-9-16/h1,6-11,14H,5,12-13H2,2-3H3. The van der Waals surface area contributed by atoms with E-state index in [1.165, 1.54) is 21.8 Å². The fourth-order valence-electron chi connectivity index (χ4n) is 2.72. The molecule has 2 aromatic carbocycles. The molecule has 1 amide bonds. The zero-order chi connectivity index (χ0) is 18.5. The van der Waals surface area contributed by atoms with Crippen LogP contribution in [0.15, 0.2) is 52.4 Å². The van der Waals surface area contributed by atoms with E-state index in [2.05, 4.69) is 42.1 Å². The second kappa shape index (κ2) is 8.39. The van der Waals surface area contributed by atoms with E-state index >= 15 is 0 Å². The number of fused-ring (bicyclic) bond motifs is 1. The van der Waals surface area contributed by atoms with Gasteiger partial charge < -0.3 is 4.57 Å². The minimum Gasteiger partial charge on any atom is -0.305 e. The zero-order valence-electron chi connectivity index (χ0n) is 14.9. The summed E-state index contributed by atoms with van der Waals surface area (Å²) in [4.78, 5) is 18.7. The summed E-state index contributed by atoms with van der Waals surface area (Å²) >= 11 is 3.20. The number of aryl methyl sites for hydroxylation is 1. The Balaban J connectivity index is 1.95. The van der Waals surface area contributed by atoms with Crippen LogP contribution in [0.3, 0.4) is 0 Å². The van der Waals surface area contributed by atoms with E-state index in [0.29, 0.717) is 17.8 Å². The molecule has 0 aliphatic carbocycles. The van der Waals surface area contributed by atoms with Gasteiger partial charge in [0.1, 0.15) is 0 Å². The maximum atomic E-state index is 12.5. The van der Waals surface area contributed by atoms with Crippen LogP contribution in [0, 0.1) is 12.3 Å². The van der Waals surface area contributed by atoms with E-state index in [-0.39, 0.29) is 5.91 Å². The van der Waals surface area contributed by atoms with Crippen LogP contribution in [-0.2, 0) is 24.2 Å². The third-order valence-electron chi connectivity index (χ3n) is 4.15. The first-order valence-corrected chi connectivity index (χ1v) is 10.4. The topological polar surface area (TPSA) is 34.4 Å². The van der Waals surface area contributed by atoms with Crippen LogP contribution in [-0.4, -0.2) is 16.7 Å². The lowest BCUT2D eigenvalue weighted by Crippen LogP contribution is -2.17. The van der Waals surface area contributed by atoms with Crippen molar-refractivity contribution in [3.63, 3.8) is 0 Å². The molecular weight excluding hydrogens is 360 g/mol. The predicted molar refractivity (Wildman–Crippen MR) is 111 cm³/mol. The Morgan fingerprint density at radius 1 is 1.23 bits per heavy atom. The number of amides is 1. The van der Waals surface area contributed by atoms with Gasteiger partial charge in [-0.2, -0.15) is 4.99 Å². The van der Waals surface area contributed by atoms with E-state index in [9.17, 15) is 4.79 Å². The third kappa shape index (κ3) is 4.09. The van der Waals surface area contributed by atoms with Crippen molar-refractivity contribution < 1.29 is 4.79 Å². The first-order valence-electron chi connectivity index (χ1n) is 8.40. The Kier molecular flexibility index (Phi) is 5.97. The molecule has 0 spiro atoms. The second-order valence-electron chi connectivity index (χ2n) is 5.86. The summed E-state index contributed by atoms with van der Waals surface area (Å²) < 4.78 is 3.02. The Morgan fingerprint density at radius 2 is 1.96 bits per heavy atom. The summed E-state index contributed by atoms with van der Waals surface area (Å²) in [7, 11) is 0. The molecule has 0 saturated heterocycles. The van der Waals surface area contributed by atoms with Crippen molar-refractivity contribution in [2.45, 2.75) is 31.2 Å². The normalized spacial score (nSPS) is 11.7. The first kappa shape index (κ1) is 18.5. The number of thiazole rings is 1. The highest BCUT2D eigenvalue weighted by atomic mass is 32.2. The summed E-state index contributed by atoms with van der Waals surface area (Å²) in [6.45, 7) is 2.51. The molecule has 5 heteroatoms. The van der Waals surface area contributed by atoms with E-state index in [4.69, 9.17) is 6.42 Å². The number of aromatic nitrogens is 1. The lowest BCUT2D eigenvalue weighted by atomic mass is 10.1. The second-order valence-corrected chi connectivity index (χ2v) is 7.75. The van der Waals surface area contributed by atoms with Crippen LogP contribution < -0.4 is 4.80 Å². The summed E-state index contributed by atoms with van der Waals surface area (Å²) in [5, 5.41) is 0. The highest BCUT2D eigenvalue weighted by Crippen LogP contribution is 2.24. The molecule has 0 atom stereocenters. The van der Waals surface area contributed by atoms with E-state index in [1.54, 1.807) is 11.8 Å². The van der Waals surface area contributed by atoms with Crippen molar-refractivity contribution in [1.29, 1.82) is 0 Å². The molecule has 1 aromatic heterocycles. The quantitative estimate of drug-likeness (QED) is 0.489. The molecule has 0 radical (unpaired) electrons. The lowest BCUT2D eigenvalue weighted by molar-refractivity contribution is -0.117. The van der Waals surface area contributed by atoms with E-state index < -0.39 is 0 Å². The van der Waals surface area contributed by atoms with Crippen LogP contribution in [0.5, 0.6) is 0 Å². The van der Waals surface area contributed by atoms with Gasteiger partial charge in [-0.25, -0.2) is 0 Å². The minimum absolute atomic E-state index is 0.156. The Bertz CT molecular complexity index is 1040. The number of carbonyl (C=O) groups is 1. The summed E-state index contributed by atoms with van der Waals surface area (Å²) in [6.07, 6.45) is 8.85. The van der Waals surface area contributed by atoms with Gasteiger partial charge in [-0.15, -0.1) is 18.2 Å². The van der Waals surface area contributed by atoms with E-state index in [0.717, 1.165) is 22.2 Å². The van der Waals surface area contributed by atoms with Gasteiger partial charge in [-0.1, -0.05) is 48.4 Å². The summed E-state index contributed by atoms with van der Waals surface area (Å²) in [5.41, 5.74) is 3.26. The van der Waals surface area contributed by atoms with Crippen molar-refractivity contribution in [3.05, 3.63) is 58.4 Å². The summed E-state index contributed by atoms with van der Waals surface area (Å²) in [5.74, 6) is 2.50. The lowest BCUT2D eigenvalue weighted by Gasteiger charge is -2.01. The van der Waals surface area contributed by atoms with Crippen LogP contribution in [0.1, 0.15) is 18.1 Å². The van der Waals surface area contributed by atoms with Crippen molar-refractivity contribution >= 4 is 39.2 Å². The molecule has 0 unspecified atom stereocenters. The SMILES string of the molecule is C#CCn1c(=NC(=O)Cc2ccc(CC)cc2)sc2cc(SC)ccc21. The summed E-state index contributed by atoms with van der Waals surface area (Å²) in [6, 6.07) is 14.3. The Morgan fingerprint density at radius 3 is 2.62 bits per heavy atom. The Hall–Kier alpha value is -2.29. The fraction of sp³-hybridized carbons (Fsp3) is 0.238. The number of terminal acetylenes is 1. The van der Waals surface area contributed by atoms with Crippen molar-refractivity contribution in [1.82, 2.24) is 4.57 Å². The number of nitrogens with zero attached hydrogens (tertiary/aromatic N) is 2. The van der Waals surface area contributed by atoms with Crippen molar-refractivity contribution in [2.24, 2.45) is 4.99 Å². The molecule has 0 aliphatic heterocycles. The molecule has 0 N–H and O–H groups in total. The molecule has 3 nitrogen and oxygen atoms in total. The highest BCUT2D eigenvalue weighted by Gasteiger charge is 2.09. The number of rotatable bonds is 5. The number of benzene rings is 2. The molecule has 0 saturated carbocycles. The zero-order valence-corrected chi connectivity index (χ0v) is 16.5. The van der Waals surface area contributed by atoms with Gasteiger partial charge in [0, 0.05) is 4.90 Å². The molecule has 0 fully saturated rings. The molecule has 0 bridgehead atoms. The number of thioether (sulfide) groups is 1. The van der Waals surface area contributed by atoms with Crippen LogP contribution in [0.2, 0.25) is 0 Å². The average Bonchev–Trinajstić information content (AvgIpc) is 2.98. The van der Waals surface area contributed by atoms with Gasteiger partial charge in [0.2, 0.25) is 0 Å². The highest BCUT2D eigenvalue weighted by molar-refractivity contribution is 7.98. The monoisotopic (exact) mass is 380 g/mol. The van der Waals surface area contributed by atoms with Gasteiger partial charge in [-0.3, -0.25) is 4.79 Å². The van der Waals surface area contributed by atoms with Crippen molar-refractivity contribution in [2.75, 3.05) is 6.26 Å². The van der Waals surface area contributed by atoms with Crippen LogP contribution in [0.4, 0.5) is 0 Å². The fourth-order valence-corrected chi connectivity index (χ4v) is 4.32. The van der Waals surface area contributed by atoms with E-state index in [1.807, 2.05) is 29.0 Å².